The zero-order valence-corrected chi connectivity index (χ0v) is 12.1. The van der Waals surface area contributed by atoms with Crippen molar-refractivity contribution in [3.8, 4) is 11.5 Å². The monoisotopic (exact) mass is 279 g/mol. The zero-order chi connectivity index (χ0) is 14.8. The van der Waals surface area contributed by atoms with E-state index in [-0.39, 0.29) is 0 Å². The standard InChI is InChI=1S/C17H17N3O/c1-11-7-17(15(9-18)12(2)20-11)21-14-8-13-5-3-4-6-16(13)19-10-14/h3-8,10H,9,18H2,1-2H3. The summed E-state index contributed by atoms with van der Waals surface area (Å²) < 4.78 is 5.99. The van der Waals surface area contributed by atoms with E-state index >= 15 is 0 Å². The lowest BCUT2D eigenvalue weighted by Gasteiger charge is -2.13. The molecule has 0 fully saturated rings. The molecule has 0 bridgehead atoms. The van der Waals surface area contributed by atoms with Gasteiger partial charge < -0.3 is 10.5 Å². The fourth-order valence-electron chi connectivity index (χ4n) is 2.39. The second-order valence-electron chi connectivity index (χ2n) is 5.00. The molecule has 0 saturated heterocycles. The number of ether oxygens (including phenoxy) is 1. The molecule has 0 amide bonds. The Morgan fingerprint density at radius 3 is 2.76 bits per heavy atom. The first kappa shape index (κ1) is 13.5. The molecule has 0 saturated carbocycles. The number of nitrogens with two attached hydrogens (primary N) is 1. The van der Waals surface area contributed by atoms with Gasteiger partial charge in [0.15, 0.2) is 0 Å². The number of aromatic nitrogens is 2. The van der Waals surface area contributed by atoms with Gasteiger partial charge >= 0.3 is 0 Å². The van der Waals surface area contributed by atoms with Crippen molar-refractivity contribution < 1.29 is 4.74 Å². The first-order valence-electron chi connectivity index (χ1n) is 6.87. The van der Waals surface area contributed by atoms with E-state index in [0.29, 0.717) is 12.3 Å². The van der Waals surface area contributed by atoms with E-state index < -0.39 is 0 Å². The number of hydrogen-bond donors (Lipinski definition) is 1. The number of nitrogens with zero attached hydrogens (tertiary/aromatic N) is 2. The number of para-hydroxylation sites is 1. The third-order valence-electron chi connectivity index (χ3n) is 3.42. The van der Waals surface area contributed by atoms with Crippen LogP contribution in [0.4, 0.5) is 0 Å². The van der Waals surface area contributed by atoms with Crippen LogP contribution < -0.4 is 10.5 Å². The van der Waals surface area contributed by atoms with Crippen molar-refractivity contribution in [2.24, 2.45) is 5.73 Å². The summed E-state index contributed by atoms with van der Waals surface area (Å²) in [4.78, 5) is 8.83. The molecule has 1 aromatic carbocycles. The molecule has 0 atom stereocenters. The van der Waals surface area contributed by atoms with Crippen molar-refractivity contribution in [2.45, 2.75) is 20.4 Å². The van der Waals surface area contributed by atoms with Gasteiger partial charge in [0, 0.05) is 34.9 Å². The van der Waals surface area contributed by atoms with Gasteiger partial charge in [-0.2, -0.15) is 0 Å². The van der Waals surface area contributed by atoms with E-state index in [1.54, 1.807) is 6.20 Å². The molecule has 0 aliphatic carbocycles. The molecule has 0 radical (unpaired) electrons. The molecule has 21 heavy (non-hydrogen) atoms. The Hall–Kier alpha value is -2.46. The molecule has 106 valence electrons. The summed E-state index contributed by atoms with van der Waals surface area (Å²) >= 11 is 0. The lowest BCUT2D eigenvalue weighted by atomic mass is 10.1. The number of rotatable bonds is 3. The second kappa shape index (κ2) is 5.50. The fraction of sp³-hybridized carbons (Fsp3) is 0.176. The number of pyridine rings is 2. The Morgan fingerprint density at radius 2 is 1.95 bits per heavy atom. The Morgan fingerprint density at radius 1 is 1.14 bits per heavy atom. The highest BCUT2D eigenvalue weighted by Crippen LogP contribution is 2.28. The quantitative estimate of drug-likeness (QED) is 0.797. The van der Waals surface area contributed by atoms with E-state index in [9.17, 15) is 0 Å². The van der Waals surface area contributed by atoms with Gasteiger partial charge in [0.2, 0.25) is 0 Å². The summed E-state index contributed by atoms with van der Waals surface area (Å²) in [5.74, 6) is 1.45. The molecule has 0 unspecified atom stereocenters. The van der Waals surface area contributed by atoms with E-state index in [0.717, 1.165) is 33.6 Å². The lowest BCUT2D eigenvalue weighted by Crippen LogP contribution is -2.05. The van der Waals surface area contributed by atoms with Gasteiger partial charge in [-0.3, -0.25) is 9.97 Å². The van der Waals surface area contributed by atoms with Gasteiger partial charge in [-0.15, -0.1) is 0 Å². The van der Waals surface area contributed by atoms with Crippen LogP contribution in [0.1, 0.15) is 17.0 Å². The predicted molar refractivity (Wildman–Crippen MR) is 83.4 cm³/mol. The fourth-order valence-corrected chi connectivity index (χ4v) is 2.39. The number of aryl methyl sites for hydroxylation is 2. The molecule has 0 aliphatic rings. The zero-order valence-electron chi connectivity index (χ0n) is 12.1. The van der Waals surface area contributed by atoms with Crippen molar-refractivity contribution in [3.05, 3.63) is 59.5 Å². The number of benzene rings is 1. The Kier molecular flexibility index (Phi) is 3.54. The van der Waals surface area contributed by atoms with Crippen molar-refractivity contribution in [2.75, 3.05) is 0 Å². The molecule has 3 rings (SSSR count). The van der Waals surface area contributed by atoms with Crippen LogP contribution in [-0.4, -0.2) is 9.97 Å². The van der Waals surface area contributed by atoms with Gasteiger partial charge in [-0.05, 0) is 26.0 Å². The molecule has 2 N–H and O–H groups in total. The van der Waals surface area contributed by atoms with E-state index in [4.69, 9.17) is 10.5 Å². The molecule has 4 nitrogen and oxygen atoms in total. The topological polar surface area (TPSA) is 61.0 Å². The molecule has 2 heterocycles. The minimum Gasteiger partial charge on any atom is -0.455 e. The summed E-state index contributed by atoms with van der Waals surface area (Å²) in [7, 11) is 0. The molecule has 0 spiro atoms. The van der Waals surface area contributed by atoms with E-state index in [2.05, 4.69) is 9.97 Å². The average Bonchev–Trinajstić information content (AvgIpc) is 2.47. The van der Waals surface area contributed by atoms with Crippen molar-refractivity contribution >= 4 is 10.9 Å². The summed E-state index contributed by atoms with van der Waals surface area (Å²) in [5, 5.41) is 1.05. The van der Waals surface area contributed by atoms with Crippen molar-refractivity contribution in [3.63, 3.8) is 0 Å². The number of hydrogen-bond acceptors (Lipinski definition) is 4. The first-order valence-corrected chi connectivity index (χ1v) is 6.87. The SMILES string of the molecule is Cc1cc(Oc2cnc3ccccc3c2)c(CN)c(C)n1. The van der Waals surface area contributed by atoms with Gasteiger partial charge in [0.1, 0.15) is 11.5 Å². The normalized spacial score (nSPS) is 10.8. The van der Waals surface area contributed by atoms with Crippen LogP contribution in [0.15, 0.2) is 42.6 Å². The molecule has 4 heteroatoms. The van der Waals surface area contributed by atoms with Gasteiger partial charge in [-0.25, -0.2) is 0 Å². The Labute approximate surface area is 123 Å². The minimum atomic E-state index is 0.398. The molecular formula is C17H17N3O. The van der Waals surface area contributed by atoms with Crippen LogP contribution in [0, 0.1) is 13.8 Å². The smallest absolute Gasteiger partial charge is 0.146 e. The van der Waals surface area contributed by atoms with Gasteiger partial charge in [0.05, 0.1) is 11.7 Å². The highest BCUT2D eigenvalue weighted by molar-refractivity contribution is 5.79. The lowest BCUT2D eigenvalue weighted by molar-refractivity contribution is 0.472. The van der Waals surface area contributed by atoms with E-state index in [1.165, 1.54) is 0 Å². The Bertz CT molecular complexity index is 799. The van der Waals surface area contributed by atoms with Crippen LogP contribution >= 0.6 is 0 Å². The highest BCUT2D eigenvalue weighted by Gasteiger charge is 2.10. The van der Waals surface area contributed by atoms with Gasteiger partial charge in [0.25, 0.3) is 0 Å². The summed E-state index contributed by atoms with van der Waals surface area (Å²) in [6.45, 7) is 4.29. The molecule has 3 aromatic rings. The molecule has 2 aromatic heterocycles. The molecular weight excluding hydrogens is 262 g/mol. The summed E-state index contributed by atoms with van der Waals surface area (Å²) in [6.07, 6.45) is 1.73. The third-order valence-corrected chi connectivity index (χ3v) is 3.42. The maximum atomic E-state index is 5.99. The predicted octanol–water partition coefficient (Wildman–Crippen LogP) is 3.50. The van der Waals surface area contributed by atoms with Crippen LogP contribution in [0.2, 0.25) is 0 Å². The summed E-state index contributed by atoms with van der Waals surface area (Å²) in [6, 6.07) is 11.8. The van der Waals surface area contributed by atoms with Gasteiger partial charge in [-0.1, -0.05) is 18.2 Å². The second-order valence-corrected chi connectivity index (χ2v) is 5.00. The van der Waals surface area contributed by atoms with Crippen LogP contribution in [0.3, 0.4) is 0 Å². The maximum absolute atomic E-state index is 5.99. The van der Waals surface area contributed by atoms with Crippen molar-refractivity contribution in [1.82, 2.24) is 9.97 Å². The van der Waals surface area contributed by atoms with E-state index in [1.807, 2.05) is 50.2 Å². The largest absolute Gasteiger partial charge is 0.455 e. The van der Waals surface area contributed by atoms with Crippen molar-refractivity contribution in [1.29, 1.82) is 0 Å². The minimum absolute atomic E-state index is 0.398. The van der Waals surface area contributed by atoms with Crippen LogP contribution in [0.5, 0.6) is 11.5 Å². The average molecular weight is 279 g/mol. The summed E-state index contributed by atoms with van der Waals surface area (Å²) in [5.41, 5.74) is 9.50. The van der Waals surface area contributed by atoms with Crippen LogP contribution in [-0.2, 0) is 6.54 Å². The maximum Gasteiger partial charge on any atom is 0.146 e. The highest BCUT2D eigenvalue weighted by atomic mass is 16.5. The molecule has 0 aliphatic heterocycles. The third kappa shape index (κ3) is 2.71. The Balaban J connectivity index is 2.02. The number of fused-ring (bicyclic) bond motifs is 1. The van der Waals surface area contributed by atoms with Crippen LogP contribution in [0.25, 0.3) is 10.9 Å². The first-order chi connectivity index (χ1) is 10.2.